The fourth-order valence-electron chi connectivity index (χ4n) is 3.04. The van der Waals surface area contributed by atoms with E-state index in [0.29, 0.717) is 30.2 Å². The Labute approximate surface area is 187 Å². The molecule has 0 unspecified atom stereocenters. The van der Waals surface area contributed by atoms with Crippen molar-refractivity contribution in [3.63, 3.8) is 0 Å². The summed E-state index contributed by atoms with van der Waals surface area (Å²) in [6, 6.07) is 11.6. The Hall–Kier alpha value is -2.92. The number of sulfonamides is 1. The smallest absolute Gasteiger partial charge is 0.262 e. The van der Waals surface area contributed by atoms with Crippen LogP contribution in [0.3, 0.4) is 0 Å². The first-order chi connectivity index (χ1) is 15.1. The van der Waals surface area contributed by atoms with Gasteiger partial charge in [0.2, 0.25) is 0 Å². The molecule has 0 atom stereocenters. The molecule has 11 heteroatoms. The number of nitrogens with zero attached hydrogens (tertiary/aromatic N) is 1. The van der Waals surface area contributed by atoms with Gasteiger partial charge < -0.3 is 10.1 Å². The van der Waals surface area contributed by atoms with Crippen LogP contribution in [0.5, 0.6) is 5.75 Å². The largest absolute Gasteiger partial charge is 0.484 e. The van der Waals surface area contributed by atoms with Crippen LogP contribution in [-0.4, -0.2) is 48.0 Å². The number of carbonyl (C=O) groups excluding carboxylic acids is 1. The molecular formula is C21H25N3O6S2. The number of amides is 1. The lowest BCUT2D eigenvalue weighted by Gasteiger charge is -2.12. The monoisotopic (exact) mass is 479 g/mol. The molecule has 3 rings (SSSR count). The van der Waals surface area contributed by atoms with Crippen LogP contribution in [0.25, 0.3) is 0 Å². The molecule has 172 valence electrons. The van der Waals surface area contributed by atoms with Crippen molar-refractivity contribution in [1.82, 2.24) is 4.72 Å². The zero-order chi connectivity index (χ0) is 23.2. The summed E-state index contributed by atoms with van der Waals surface area (Å²) in [5.74, 6) is 0.289. The van der Waals surface area contributed by atoms with E-state index >= 15 is 0 Å². The second-order valence-corrected chi connectivity index (χ2v) is 11.1. The number of anilines is 1. The lowest BCUT2D eigenvalue weighted by molar-refractivity contribution is -0.118. The maximum Gasteiger partial charge on any atom is 0.262 e. The Kier molecular flexibility index (Phi) is 7.52. The number of ether oxygens (including phenoxy) is 1. The van der Waals surface area contributed by atoms with E-state index in [1.165, 1.54) is 42.5 Å². The van der Waals surface area contributed by atoms with Gasteiger partial charge in [-0.05, 0) is 55.3 Å². The topological polar surface area (TPSA) is 131 Å². The minimum atomic E-state index is -3.82. The molecule has 2 N–H and O–H groups in total. The van der Waals surface area contributed by atoms with Crippen molar-refractivity contribution in [2.75, 3.05) is 24.7 Å². The fourth-order valence-corrected chi connectivity index (χ4v) is 4.81. The van der Waals surface area contributed by atoms with E-state index < -0.39 is 25.8 Å². The Morgan fingerprint density at radius 1 is 1.00 bits per heavy atom. The van der Waals surface area contributed by atoms with Crippen LogP contribution in [0.15, 0.2) is 63.3 Å². The van der Waals surface area contributed by atoms with Gasteiger partial charge in [-0.1, -0.05) is 12.5 Å². The van der Waals surface area contributed by atoms with Gasteiger partial charge in [0.15, 0.2) is 16.4 Å². The second kappa shape index (κ2) is 10.1. The number of carbonyl (C=O) groups is 1. The lowest BCUT2D eigenvalue weighted by Crippen LogP contribution is -2.30. The molecule has 0 aromatic heterocycles. The van der Waals surface area contributed by atoms with E-state index in [0.717, 1.165) is 25.5 Å². The van der Waals surface area contributed by atoms with Gasteiger partial charge in [0.05, 0.1) is 9.79 Å². The van der Waals surface area contributed by atoms with Crippen molar-refractivity contribution in [1.29, 1.82) is 0 Å². The molecule has 0 bridgehead atoms. The number of sulfone groups is 1. The van der Waals surface area contributed by atoms with E-state index in [1.54, 1.807) is 6.07 Å². The molecule has 2 aromatic carbocycles. The van der Waals surface area contributed by atoms with Gasteiger partial charge >= 0.3 is 0 Å². The molecule has 0 aliphatic carbocycles. The number of amidine groups is 1. The van der Waals surface area contributed by atoms with Crippen molar-refractivity contribution in [2.24, 2.45) is 4.99 Å². The molecule has 0 spiro atoms. The summed E-state index contributed by atoms with van der Waals surface area (Å²) < 4.78 is 56.2. The third-order valence-corrected chi connectivity index (χ3v) is 7.18. The van der Waals surface area contributed by atoms with E-state index in [2.05, 4.69) is 15.0 Å². The van der Waals surface area contributed by atoms with Gasteiger partial charge in [-0.25, -0.2) is 16.8 Å². The number of rotatable bonds is 7. The van der Waals surface area contributed by atoms with Gasteiger partial charge in [-0.3, -0.25) is 14.5 Å². The van der Waals surface area contributed by atoms with Crippen LogP contribution in [0.1, 0.15) is 25.7 Å². The molecule has 2 aromatic rings. The second-order valence-electron chi connectivity index (χ2n) is 7.35. The van der Waals surface area contributed by atoms with Crippen molar-refractivity contribution < 1.29 is 26.4 Å². The normalized spacial score (nSPS) is 14.7. The Bertz CT molecular complexity index is 1210. The average molecular weight is 480 g/mol. The van der Waals surface area contributed by atoms with Crippen molar-refractivity contribution in [2.45, 2.75) is 35.5 Å². The highest BCUT2D eigenvalue weighted by Crippen LogP contribution is 2.18. The number of aliphatic imine (C=N–C) groups is 1. The van der Waals surface area contributed by atoms with Crippen molar-refractivity contribution in [3.8, 4) is 5.75 Å². The van der Waals surface area contributed by atoms with Crippen LogP contribution in [0.4, 0.5) is 5.69 Å². The minimum Gasteiger partial charge on any atom is -0.484 e. The molecule has 1 heterocycles. The maximum absolute atomic E-state index is 12.7. The predicted molar refractivity (Wildman–Crippen MR) is 121 cm³/mol. The predicted octanol–water partition coefficient (Wildman–Crippen LogP) is 2.36. The van der Waals surface area contributed by atoms with Gasteiger partial charge in [0.25, 0.3) is 15.9 Å². The Morgan fingerprint density at radius 3 is 2.47 bits per heavy atom. The van der Waals surface area contributed by atoms with E-state index in [1.807, 2.05) is 0 Å². The Balaban J connectivity index is 1.60. The number of hydrogen-bond donors (Lipinski definition) is 2. The molecular weight excluding hydrogens is 454 g/mol. The highest BCUT2D eigenvalue weighted by Gasteiger charge is 2.18. The number of benzene rings is 2. The molecule has 9 nitrogen and oxygen atoms in total. The first-order valence-electron chi connectivity index (χ1n) is 10.0. The number of nitrogens with one attached hydrogen (secondary N) is 2. The maximum atomic E-state index is 12.7. The SMILES string of the molecule is CS(=O)(=O)c1ccc(OCC(=O)Nc2cccc(S(=O)(=O)NC3=NCCCCC3)c2)cc1. The lowest BCUT2D eigenvalue weighted by atomic mass is 10.2. The molecule has 0 saturated heterocycles. The van der Waals surface area contributed by atoms with E-state index in [4.69, 9.17) is 4.74 Å². The van der Waals surface area contributed by atoms with E-state index in [9.17, 15) is 21.6 Å². The summed E-state index contributed by atoms with van der Waals surface area (Å²) in [7, 11) is -7.13. The highest BCUT2D eigenvalue weighted by atomic mass is 32.2. The molecule has 0 saturated carbocycles. The highest BCUT2D eigenvalue weighted by molar-refractivity contribution is 7.90. The zero-order valence-electron chi connectivity index (χ0n) is 17.6. The van der Waals surface area contributed by atoms with E-state index in [-0.39, 0.29) is 16.4 Å². The van der Waals surface area contributed by atoms with Crippen LogP contribution in [-0.2, 0) is 24.7 Å². The standard InChI is InChI=1S/C21H25N3O6S2/c1-31(26,27)18-11-9-17(10-12-18)30-15-21(25)23-16-6-5-7-19(14-16)32(28,29)24-20-8-3-2-4-13-22-20/h5-7,9-12,14H,2-4,8,13,15H2,1H3,(H,22,24)(H,23,25). The van der Waals surface area contributed by atoms with Gasteiger partial charge in [0.1, 0.15) is 11.6 Å². The summed E-state index contributed by atoms with van der Waals surface area (Å²) in [6.07, 6.45) is 4.52. The van der Waals surface area contributed by atoms with Crippen LogP contribution in [0, 0.1) is 0 Å². The third-order valence-electron chi connectivity index (χ3n) is 4.68. The summed E-state index contributed by atoms with van der Waals surface area (Å²) in [4.78, 5) is 16.7. The molecule has 1 aliphatic rings. The molecule has 1 amide bonds. The van der Waals surface area contributed by atoms with Crippen LogP contribution >= 0.6 is 0 Å². The molecule has 32 heavy (non-hydrogen) atoms. The van der Waals surface area contributed by atoms with Crippen molar-refractivity contribution >= 4 is 37.3 Å². The Morgan fingerprint density at radius 2 is 1.75 bits per heavy atom. The quantitative estimate of drug-likeness (QED) is 0.627. The third kappa shape index (κ3) is 6.79. The van der Waals surface area contributed by atoms with Gasteiger partial charge in [-0.2, -0.15) is 0 Å². The van der Waals surface area contributed by atoms with Gasteiger partial charge in [-0.15, -0.1) is 0 Å². The average Bonchev–Trinajstić information content (AvgIpc) is 3.00. The molecule has 0 fully saturated rings. The minimum absolute atomic E-state index is 0.0135. The van der Waals surface area contributed by atoms with Gasteiger partial charge in [0, 0.05) is 24.9 Å². The first-order valence-corrected chi connectivity index (χ1v) is 13.4. The summed E-state index contributed by atoms with van der Waals surface area (Å²) in [6.45, 7) is 0.273. The summed E-state index contributed by atoms with van der Waals surface area (Å²) in [5, 5.41) is 2.59. The number of hydrogen-bond acceptors (Lipinski definition) is 7. The summed E-state index contributed by atoms with van der Waals surface area (Å²) >= 11 is 0. The first kappa shape index (κ1) is 23.7. The molecule has 0 radical (unpaired) electrons. The molecule has 1 aliphatic heterocycles. The zero-order valence-corrected chi connectivity index (χ0v) is 19.2. The van der Waals surface area contributed by atoms with Crippen LogP contribution < -0.4 is 14.8 Å². The van der Waals surface area contributed by atoms with Crippen LogP contribution in [0.2, 0.25) is 0 Å². The fraction of sp³-hybridized carbons (Fsp3) is 0.333. The summed E-state index contributed by atoms with van der Waals surface area (Å²) in [5.41, 5.74) is 0.303. The van der Waals surface area contributed by atoms with Crippen molar-refractivity contribution in [3.05, 3.63) is 48.5 Å².